The van der Waals surface area contributed by atoms with Crippen molar-refractivity contribution in [1.29, 1.82) is 0 Å². The molecular formula is C18H24N6O2. The Kier molecular flexibility index (Phi) is 5.83. The molecule has 26 heavy (non-hydrogen) atoms. The van der Waals surface area contributed by atoms with Crippen LogP contribution in [0.15, 0.2) is 33.8 Å². The van der Waals surface area contributed by atoms with Crippen molar-refractivity contribution in [3.05, 3.63) is 41.5 Å². The third-order valence-electron chi connectivity index (χ3n) is 4.28. The molecule has 1 aliphatic heterocycles. The Balaban J connectivity index is 1.46. The second-order valence-electron chi connectivity index (χ2n) is 6.26. The minimum absolute atomic E-state index is 0.0493. The van der Waals surface area contributed by atoms with E-state index in [9.17, 15) is 4.79 Å². The molecule has 1 atom stereocenters. The maximum atomic E-state index is 11.9. The van der Waals surface area contributed by atoms with Crippen LogP contribution in [0.5, 0.6) is 0 Å². The number of anilines is 1. The van der Waals surface area contributed by atoms with Gasteiger partial charge in [-0.2, -0.15) is 4.98 Å². The molecule has 2 aromatic rings. The molecule has 1 unspecified atom stereocenters. The fourth-order valence-corrected chi connectivity index (χ4v) is 3.01. The standard InChI is InChI=1S/C18H24N6O2/c1-12-22-17(26-24-12)8-5-9-20-18(19-2)21-11-13-10-16(25)23-15-7-4-3-6-14(13)15/h3-4,6-7,13H,5,8-11H2,1-2H3,(H,23,25)(H2,19,20,21). The van der Waals surface area contributed by atoms with Gasteiger partial charge >= 0.3 is 0 Å². The highest BCUT2D eigenvalue weighted by Gasteiger charge is 2.24. The van der Waals surface area contributed by atoms with Gasteiger partial charge in [-0.25, -0.2) is 0 Å². The van der Waals surface area contributed by atoms with Crippen molar-refractivity contribution in [3.63, 3.8) is 0 Å². The van der Waals surface area contributed by atoms with E-state index in [1.54, 1.807) is 14.0 Å². The second-order valence-corrected chi connectivity index (χ2v) is 6.26. The lowest BCUT2D eigenvalue weighted by Gasteiger charge is -2.26. The Morgan fingerprint density at radius 3 is 3.00 bits per heavy atom. The van der Waals surface area contributed by atoms with Crippen molar-refractivity contribution in [2.24, 2.45) is 4.99 Å². The van der Waals surface area contributed by atoms with E-state index in [-0.39, 0.29) is 11.8 Å². The molecule has 0 aliphatic carbocycles. The molecule has 3 rings (SSSR count). The van der Waals surface area contributed by atoms with Gasteiger partial charge in [-0.15, -0.1) is 0 Å². The smallest absolute Gasteiger partial charge is 0.226 e. The first-order valence-electron chi connectivity index (χ1n) is 8.78. The van der Waals surface area contributed by atoms with Gasteiger partial charge in [0.1, 0.15) is 0 Å². The number of hydrogen-bond acceptors (Lipinski definition) is 5. The van der Waals surface area contributed by atoms with Crippen LogP contribution in [0.4, 0.5) is 5.69 Å². The van der Waals surface area contributed by atoms with Crippen LogP contribution < -0.4 is 16.0 Å². The number of aliphatic imine (C=N–C) groups is 1. The maximum Gasteiger partial charge on any atom is 0.226 e. The summed E-state index contributed by atoms with van der Waals surface area (Å²) in [5.41, 5.74) is 2.05. The number of aromatic nitrogens is 2. The molecule has 138 valence electrons. The van der Waals surface area contributed by atoms with Crippen molar-refractivity contribution in [3.8, 4) is 0 Å². The molecule has 8 heteroatoms. The number of aryl methyl sites for hydroxylation is 2. The highest BCUT2D eigenvalue weighted by Crippen LogP contribution is 2.31. The Labute approximate surface area is 152 Å². The molecule has 2 heterocycles. The van der Waals surface area contributed by atoms with Gasteiger partial charge in [-0.3, -0.25) is 9.79 Å². The number of carbonyl (C=O) groups excluding carboxylic acids is 1. The summed E-state index contributed by atoms with van der Waals surface area (Å²) in [6, 6.07) is 7.92. The van der Waals surface area contributed by atoms with E-state index in [1.165, 1.54) is 0 Å². The molecule has 8 nitrogen and oxygen atoms in total. The highest BCUT2D eigenvalue weighted by atomic mass is 16.5. The molecule has 0 saturated heterocycles. The molecule has 0 spiro atoms. The summed E-state index contributed by atoms with van der Waals surface area (Å²) in [5, 5.41) is 13.3. The quantitative estimate of drug-likeness (QED) is 0.413. The Hall–Kier alpha value is -2.90. The molecule has 0 fully saturated rings. The summed E-state index contributed by atoms with van der Waals surface area (Å²) >= 11 is 0. The fourth-order valence-electron chi connectivity index (χ4n) is 3.01. The Bertz CT molecular complexity index is 785. The zero-order valence-electron chi connectivity index (χ0n) is 15.1. The number of para-hydroxylation sites is 1. The van der Waals surface area contributed by atoms with E-state index >= 15 is 0 Å². The number of rotatable bonds is 6. The topological polar surface area (TPSA) is 104 Å². The van der Waals surface area contributed by atoms with Crippen LogP contribution in [0.25, 0.3) is 0 Å². The largest absolute Gasteiger partial charge is 0.356 e. The molecule has 3 N–H and O–H groups in total. The van der Waals surface area contributed by atoms with Gasteiger partial charge in [0.05, 0.1) is 0 Å². The molecule has 0 saturated carbocycles. The lowest BCUT2D eigenvalue weighted by Crippen LogP contribution is -2.41. The molecule has 1 aromatic heterocycles. The van der Waals surface area contributed by atoms with E-state index in [2.05, 4.69) is 37.1 Å². The molecular weight excluding hydrogens is 332 g/mol. The average molecular weight is 356 g/mol. The van der Waals surface area contributed by atoms with Gasteiger partial charge in [0.15, 0.2) is 11.8 Å². The summed E-state index contributed by atoms with van der Waals surface area (Å²) in [6.45, 7) is 3.19. The molecule has 1 amide bonds. The number of benzene rings is 1. The van der Waals surface area contributed by atoms with Gasteiger partial charge in [0, 0.05) is 44.6 Å². The van der Waals surface area contributed by atoms with E-state index in [0.717, 1.165) is 36.6 Å². The number of nitrogens with zero attached hydrogens (tertiary/aromatic N) is 3. The third-order valence-corrected chi connectivity index (χ3v) is 4.28. The van der Waals surface area contributed by atoms with Gasteiger partial charge in [-0.1, -0.05) is 23.4 Å². The van der Waals surface area contributed by atoms with Gasteiger partial charge in [0.25, 0.3) is 0 Å². The Morgan fingerprint density at radius 1 is 1.38 bits per heavy atom. The van der Waals surface area contributed by atoms with E-state index in [1.807, 2.05) is 18.2 Å². The monoisotopic (exact) mass is 356 g/mol. The van der Waals surface area contributed by atoms with Crippen LogP contribution in [0.3, 0.4) is 0 Å². The zero-order valence-corrected chi connectivity index (χ0v) is 15.1. The zero-order chi connectivity index (χ0) is 18.4. The van der Waals surface area contributed by atoms with Crippen molar-refractivity contribution >= 4 is 17.6 Å². The Morgan fingerprint density at radius 2 is 2.23 bits per heavy atom. The fraction of sp³-hybridized carbons (Fsp3) is 0.444. The predicted octanol–water partition coefficient (Wildman–Crippen LogP) is 1.60. The van der Waals surface area contributed by atoms with Gasteiger partial charge in [-0.05, 0) is 25.0 Å². The van der Waals surface area contributed by atoms with Gasteiger partial charge in [0.2, 0.25) is 11.8 Å². The van der Waals surface area contributed by atoms with Gasteiger partial charge < -0.3 is 20.5 Å². The lowest BCUT2D eigenvalue weighted by molar-refractivity contribution is -0.116. The molecule has 1 aliphatic rings. The number of hydrogen-bond donors (Lipinski definition) is 3. The SMILES string of the molecule is CN=C(NCCCc1nc(C)no1)NCC1CC(=O)Nc2ccccc21. The highest BCUT2D eigenvalue weighted by molar-refractivity contribution is 5.94. The van der Waals surface area contributed by atoms with Crippen molar-refractivity contribution in [1.82, 2.24) is 20.8 Å². The van der Waals surface area contributed by atoms with E-state index in [4.69, 9.17) is 4.52 Å². The van der Waals surface area contributed by atoms with Crippen LogP contribution in [0, 0.1) is 6.92 Å². The molecule has 0 bridgehead atoms. The first-order valence-corrected chi connectivity index (χ1v) is 8.78. The van der Waals surface area contributed by atoms with Crippen LogP contribution in [0.2, 0.25) is 0 Å². The first kappa shape index (κ1) is 17.9. The first-order chi connectivity index (χ1) is 12.7. The number of amides is 1. The van der Waals surface area contributed by atoms with Crippen molar-refractivity contribution in [2.75, 3.05) is 25.5 Å². The number of carbonyl (C=O) groups is 1. The normalized spacial score (nSPS) is 16.8. The molecule has 1 aromatic carbocycles. The average Bonchev–Trinajstić information content (AvgIpc) is 3.06. The van der Waals surface area contributed by atoms with E-state index in [0.29, 0.717) is 24.7 Å². The molecule has 0 radical (unpaired) electrons. The minimum atomic E-state index is 0.0493. The third kappa shape index (κ3) is 4.59. The van der Waals surface area contributed by atoms with Crippen molar-refractivity contribution in [2.45, 2.75) is 32.1 Å². The summed E-state index contributed by atoms with van der Waals surface area (Å²) in [5.74, 6) is 2.20. The number of guanidine groups is 1. The minimum Gasteiger partial charge on any atom is -0.356 e. The summed E-state index contributed by atoms with van der Waals surface area (Å²) < 4.78 is 5.10. The maximum absolute atomic E-state index is 11.9. The second kappa shape index (κ2) is 8.46. The van der Waals surface area contributed by atoms with Crippen LogP contribution in [-0.4, -0.2) is 42.1 Å². The number of nitrogens with one attached hydrogen (secondary N) is 3. The van der Waals surface area contributed by atoms with Crippen LogP contribution in [-0.2, 0) is 11.2 Å². The summed E-state index contributed by atoms with van der Waals surface area (Å²) in [4.78, 5) is 20.3. The number of fused-ring (bicyclic) bond motifs is 1. The van der Waals surface area contributed by atoms with Crippen LogP contribution >= 0.6 is 0 Å². The van der Waals surface area contributed by atoms with E-state index < -0.39 is 0 Å². The van der Waals surface area contributed by atoms with Crippen LogP contribution in [0.1, 0.15) is 36.0 Å². The van der Waals surface area contributed by atoms with Crippen molar-refractivity contribution < 1.29 is 9.32 Å². The predicted molar refractivity (Wildman–Crippen MR) is 99.2 cm³/mol. The lowest BCUT2D eigenvalue weighted by atomic mass is 9.90. The summed E-state index contributed by atoms with van der Waals surface area (Å²) in [7, 11) is 1.73. The summed E-state index contributed by atoms with van der Waals surface area (Å²) in [6.07, 6.45) is 2.05.